The molecule has 0 fully saturated rings. The quantitative estimate of drug-likeness (QED) is 0.530. The SMILES string of the molecule is CN/C=C1/C=C(n2nc3ccc(OCC(F)F)nc3c(-c3ccc(O)cc3)c2=O)C=CC1=N. The van der Waals surface area contributed by atoms with E-state index in [0.717, 1.165) is 0 Å². The Labute approximate surface area is 186 Å². The van der Waals surface area contributed by atoms with Crippen LogP contribution in [-0.2, 0) is 0 Å². The summed E-state index contributed by atoms with van der Waals surface area (Å²) < 4.78 is 31.4. The number of rotatable bonds is 6. The number of nitrogens with zero attached hydrogens (tertiary/aromatic N) is 3. The van der Waals surface area contributed by atoms with E-state index in [2.05, 4.69) is 15.4 Å². The highest BCUT2D eigenvalue weighted by Crippen LogP contribution is 2.27. The predicted octanol–water partition coefficient (Wildman–Crippen LogP) is 3.34. The molecule has 33 heavy (non-hydrogen) atoms. The standard InChI is InChI=1S/C23H19F2N5O3/c1-27-11-14-10-15(4-7-17(14)26)30-23(32)21(13-2-5-16(31)6-3-13)22-18(29-30)8-9-20(28-22)33-12-19(24)25/h2-11,19,26-27,31H,12H2,1H3/b14-11-,26-17?. The number of phenolic OH excluding ortho intramolecular Hbond substituents is 1. The van der Waals surface area contributed by atoms with Crippen LogP contribution in [0.2, 0.25) is 0 Å². The molecule has 1 aliphatic carbocycles. The van der Waals surface area contributed by atoms with Crippen LogP contribution in [0.3, 0.4) is 0 Å². The molecular weight excluding hydrogens is 432 g/mol. The summed E-state index contributed by atoms with van der Waals surface area (Å²) >= 11 is 0. The molecule has 8 nitrogen and oxygen atoms in total. The van der Waals surface area contributed by atoms with Crippen molar-refractivity contribution in [2.24, 2.45) is 0 Å². The van der Waals surface area contributed by atoms with Crippen molar-refractivity contribution in [3.8, 4) is 22.8 Å². The van der Waals surface area contributed by atoms with Gasteiger partial charge in [-0.1, -0.05) is 12.1 Å². The summed E-state index contributed by atoms with van der Waals surface area (Å²) in [5.41, 5.74) is 1.86. The minimum Gasteiger partial charge on any atom is -0.508 e. The number of hydrogen-bond acceptors (Lipinski definition) is 7. The zero-order valence-corrected chi connectivity index (χ0v) is 17.4. The van der Waals surface area contributed by atoms with E-state index in [1.807, 2.05) is 0 Å². The van der Waals surface area contributed by atoms with Crippen LogP contribution in [-0.4, -0.2) is 45.7 Å². The smallest absolute Gasteiger partial charge is 0.281 e. The van der Waals surface area contributed by atoms with Gasteiger partial charge in [-0.3, -0.25) is 4.79 Å². The third-order valence-corrected chi connectivity index (χ3v) is 4.79. The van der Waals surface area contributed by atoms with Gasteiger partial charge in [0.25, 0.3) is 12.0 Å². The zero-order valence-electron chi connectivity index (χ0n) is 17.4. The van der Waals surface area contributed by atoms with Crippen LogP contribution in [0.15, 0.2) is 71.2 Å². The van der Waals surface area contributed by atoms with Crippen molar-refractivity contribution in [3.05, 3.63) is 76.8 Å². The molecule has 0 radical (unpaired) electrons. The van der Waals surface area contributed by atoms with Crippen molar-refractivity contribution < 1.29 is 18.6 Å². The molecule has 0 amide bonds. The van der Waals surface area contributed by atoms with Gasteiger partial charge in [0, 0.05) is 24.9 Å². The van der Waals surface area contributed by atoms with Crippen LogP contribution in [0.25, 0.3) is 27.9 Å². The minimum atomic E-state index is -2.67. The molecule has 2 aromatic heterocycles. The molecule has 3 aromatic rings. The predicted molar refractivity (Wildman–Crippen MR) is 121 cm³/mol. The largest absolute Gasteiger partial charge is 0.508 e. The first-order chi connectivity index (χ1) is 15.9. The first kappa shape index (κ1) is 21.9. The number of hydrogen-bond donors (Lipinski definition) is 3. The van der Waals surface area contributed by atoms with Gasteiger partial charge >= 0.3 is 0 Å². The average Bonchev–Trinajstić information content (AvgIpc) is 2.80. The highest BCUT2D eigenvalue weighted by Gasteiger charge is 2.19. The Morgan fingerprint density at radius 1 is 1.21 bits per heavy atom. The molecule has 168 valence electrons. The third-order valence-electron chi connectivity index (χ3n) is 4.79. The van der Waals surface area contributed by atoms with E-state index in [1.54, 1.807) is 43.6 Å². The topological polar surface area (TPSA) is 113 Å². The van der Waals surface area contributed by atoms with Gasteiger partial charge in [0.1, 0.15) is 16.8 Å². The summed E-state index contributed by atoms with van der Waals surface area (Å²) in [4.78, 5) is 17.8. The maximum atomic E-state index is 13.6. The second kappa shape index (κ2) is 9.03. The van der Waals surface area contributed by atoms with E-state index in [4.69, 9.17) is 10.1 Å². The van der Waals surface area contributed by atoms with E-state index in [9.17, 15) is 18.7 Å². The molecule has 0 bridgehead atoms. The second-order valence-corrected chi connectivity index (χ2v) is 7.06. The molecular formula is C23H19F2N5O3. The number of halogens is 2. The summed E-state index contributed by atoms with van der Waals surface area (Å²) in [5.74, 6) is -0.0455. The minimum absolute atomic E-state index is 0.0182. The number of allylic oxidation sites excluding steroid dienone is 5. The Morgan fingerprint density at radius 2 is 1.97 bits per heavy atom. The van der Waals surface area contributed by atoms with Gasteiger partial charge in [-0.25, -0.2) is 13.8 Å². The molecule has 0 unspecified atom stereocenters. The van der Waals surface area contributed by atoms with Gasteiger partial charge in [-0.2, -0.15) is 9.78 Å². The van der Waals surface area contributed by atoms with Crippen LogP contribution in [0, 0.1) is 5.41 Å². The zero-order chi connectivity index (χ0) is 23.5. The Kier molecular flexibility index (Phi) is 5.99. The fourth-order valence-corrected chi connectivity index (χ4v) is 3.31. The lowest BCUT2D eigenvalue weighted by Gasteiger charge is -2.15. The van der Waals surface area contributed by atoms with Gasteiger partial charge in [-0.15, -0.1) is 0 Å². The molecule has 0 saturated heterocycles. The number of phenols is 1. The maximum absolute atomic E-state index is 13.6. The number of fused-ring (bicyclic) bond motifs is 1. The Bertz CT molecular complexity index is 1380. The van der Waals surface area contributed by atoms with Crippen LogP contribution in [0.1, 0.15) is 0 Å². The molecule has 0 atom stereocenters. The van der Waals surface area contributed by atoms with Gasteiger partial charge in [0.2, 0.25) is 5.88 Å². The van der Waals surface area contributed by atoms with E-state index < -0.39 is 18.6 Å². The fourth-order valence-electron chi connectivity index (χ4n) is 3.31. The lowest BCUT2D eigenvalue weighted by atomic mass is 10.0. The molecule has 0 spiro atoms. The number of nitrogens with one attached hydrogen (secondary N) is 2. The lowest BCUT2D eigenvalue weighted by Crippen LogP contribution is -2.25. The van der Waals surface area contributed by atoms with Crippen LogP contribution >= 0.6 is 0 Å². The van der Waals surface area contributed by atoms with Gasteiger partial charge in [0.05, 0.1) is 17.0 Å². The van der Waals surface area contributed by atoms with Crippen LogP contribution in [0.4, 0.5) is 8.78 Å². The first-order valence-corrected chi connectivity index (χ1v) is 9.88. The average molecular weight is 451 g/mol. The first-order valence-electron chi connectivity index (χ1n) is 9.88. The monoisotopic (exact) mass is 451 g/mol. The number of benzene rings is 1. The Hall–Kier alpha value is -4.34. The second-order valence-electron chi connectivity index (χ2n) is 7.06. The molecule has 2 heterocycles. The summed E-state index contributed by atoms with van der Waals surface area (Å²) in [7, 11) is 1.70. The molecule has 0 aliphatic heterocycles. The van der Waals surface area contributed by atoms with Crippen molar-refractivity contribution in [1.82, 2.24) is 20.1 Å². The summed E-state index contributed by atoms with van der Waals surface area (Å²) in [6.45, 7) is -0.832. The maximum Gasteiger partial charge on any atom is 0.281 e. The van der Waals surface area contributed by atoms with Crippen LogP contribution in [0.5, 0.6) is 11.6 Å². The van der Waals surface area contributed by atoms with Crippen LogP contribution < -0.4 is 15.6 Å². The Balaban J connectivity index is 1.95. The van der Waals surface area contributed by atoms with Gasteiger partial charge in [-0.05, 0) is 42.0 Å². The lowest BCUT2D eigenvalue weighted by molar-refractivity contribution is 0.0798. The van der Waals surface area contributed by atoms with E-state index in [0.29, 0.717) is 22.4 Å². The summed E-state index contributed by atoms with van der Waals surface area (Å²) in [6.07, 6.45) is 3.76. The molecule has 10 heteroatoms. The highest BCUT2D eigenvalue weighted by molar-refractivity contribution is 6.12. The van der Waals surface area contributed by atoms with Crippen molar-refractivity contribution in [3.63, 3.8) is 0 Å². The number of alkyl halides is 2. The van der Waals surface area contributed by atoms with E-state index in [-0.39, 0.29) is 28.4 Å². The van der Waals surface area contributed by atoms with Gasteiger partial charge in [0.15, 0.2) is 6.61 Å². The Morgan fingerprint density at radius 3 is 2.67 bits per heavy atom. The van der Waals surface area contributed by atoms with Crippen molar-refractivity contribution in [2.45, 2.75) is 6.43 Å². The van der Waals surface area contributed by atoms with Crippen molar-refractivity contribution in [2.75, 3.05) is 13.7 Å². The molecule has 1 aromatic carbocycles. The van der Waals surface area contributed by atoms with Crippen molar-refractivity contribution in [1.29, 1.82) is 5.41 Å². The number of ether oxygens (including phenoxy) is 1. The summed E-state index contributed by atoms with van der Waals surface area (Å²) in [5, 5.41) is 25.0. The molecule has 1 aliphatic rings. The molecule has 4 rings (SSSR count). The molecule has 3 N–H and O–H groups in total. The van der Waals surface area contributed by atoms with E-state index >= 15 is 0 Å². The number of pyridine rings is 1. The fraction of sp³-hybridized carbons (Fsp3) is 0.130. The van der Waals surface area contributed by atoms with Crippen molar-refractivity contribution >= 4 is 22.4 Å². The van der Waals surface area contributed by atoms with E-state index in [1.165, 1.54) is 28.9 Å². The number of aromatic nitrogens is 3. The normalized spacial score (nSPS) is 14.7. The third kappa shape index (κ3) is 4.49. The van der Waals surface area contributed by atoms with Gasteiger partial charge < -0.3 is 20.6 Å². The molecule has 0 saturated carbocycles. The number of aromatic hydroxyl groups is 1. The summed E-state index contributed by atoms with van der Waals surface area (Å²) in [6, 6.07) is 8.89. The highest BCUT2D eigenvalue weighted by atomic mass is 19.3.